The minimum atomic E-state index is 0.146. The lowest BCUT2D eigenvalue weighted by molar-refractivity contribution is 0.0947. The monoisotopic (exact) mass is 244 g/mol. The topological polar surface area (TPSA) is 34.0 Å². The fourth-order valence-electron chi connectivity index (χ4n) is 3.66. The quantitative estimate of drug-likeness (QED) is 0.807. The van der Waals surface area contributed by atoms with Gasteiger partial charge in [-0.15, -0.1) is 0 Å². The number of rotatable bonds is 1. The minimum absolute atomic E-state index is 0.146. The molecule has 3 aliphatic rings. The molecule has 0 aromatic carbocycles. The van der Waals surface area contributed by atoms with Gasteiger partial charge in [0, 0.05) is 18.8 Å². The largest absolute Gasteiger partial charge is 0.350 e. The Labute approximate surface area is 108 Å². The van der Waals surface area contributed by atoms with Gasteiger partial charge in [-0.25, -0.2) is 0 Å². The SMILES string of the molecule is O=C1NCC(C2CC2)Cn2c1cc1c2CCCC1. The zero-order valence-electron chi connectivity index (χ0n) is 10.7. The van der Waals surface area contributed by atoms with Crippen molar-refractivity contribution in [1.29, 1.82) is 0 Å². The van der Waals surface area contributed by atoms with Crippen LogP contribution in [-0.4, -0.2) is 17.0 Å². The van der Waals surface area contributed by atoms with Crippen molar-refractivity contribution in [3.63, 3.8) is 0 Å². The van der Waals surface area contributed by atoms with Gasteiger partial charge in [-0.3, -0.25) is 4.79 Å². The molecule has 18 heavy (non-hydrogen) atoms. The molecule has 1 saturated carbocycles. The summed E-state index contributed by atoms with van der Waals surface area (Å²) in [4.78, 5) is 12.2. The highest BCUT2D eigenvalue weighted by atomic mass is 16.2. The van der Waals surface area contributed by atoms with E-state index in [9.17, 15) is 4.79 Å². The van der Waals surface area contributed by atoms with Gasteiger partial charge in [0.2, 0.25) is 0 Å². The standard InChI is InChI=1S/C15H20N2O/c18-15-14-7-11-3-1-2-4-13(11)17(14)9-12(8-16-15)10-5-6-10/h7,10,12H,1-6,8-9H2,(H,16,18). The van der Waals surface area contributed by atoms with Crippen LogP contribution < -0.4 is 5.32 Å². The summed E-state index contributed by atoms with van der Waals surface area (Å²) in [6, 6.07) is 2.15. The number of amides is 1. The van der Waals surface area contributed by atoms with Crippen molar-refractivity contribution in [1.82, 2.24) is 9.88 Å². The molecule has 0 radical (unpaired) electrons. The lowest BCUT2D eigenvalue weighted by Gasteiger charge is -2.19. The third-order valence-corrected chi connectivity index (χ3v) is 4.87. The summed E-state index contributed by atoms with van der Waals surface area (Å²) in [6.45, 7) is 1.94. The molecular weight excluding hydrogens is 224 g/mol. The highest BCUT2D eigenvalue weighted by Crippen LogP contribution is 2.39. The van der Waals surface area contributed by atoms with Crippen molar-refractivity contribution in [2.24, 2.45) is 11.8 Å². The van der Waals surface area contributed by atoms with Crippen molar-refractivity contribution < 1.29 is 4.79 Å². The first-order chi connectivity index (χ1) is 8.83. The third kappa shape index (κ3) is 1.60. The second-order valence-corrected chi connectivity index (χ2v) is 6.13. The Hall–Kier alpha value is -1.25. The van der Waals surface area contributed by atoms with E-state index in [0.29, 0.717) is 5.92 Å². The van der Waals surface area contributed by atoms with Crippen LogP contribution in [0.1, 0.15) is 47.4 Å². The van der Waals surface area contributed by atoms with Crippen LogP contribution in [-0.2, 0) is 19.4 Å². The Morgan fingerprint density at radius 1 is 1.17 bits per heavy atom. The van der Waals surface area contributed by atoms with Crippen LogP contribution in [0.5, 0.6) is 0 Å². The van der Waals surface area contributed by atoms with Crippen LogP contribution in [0.25, 0.3) is 0 Å². The molecule has 2 heterocycles. The number of hydrogen-bond acceptors (Lipinski definition) is 1. The van der Waals surface area contributed by atoms with Gasteiger partial charge in [0.15, 0.2) is 0 Å². The van der Waals surface area contributed by atoms with Gasteiger partial charge in [0.05, 0.1) is 0 Å². The first-order valence-electron chi connectivity index (χ1n) is 7.32. The summed E-state index contributed by atoms with van der Waals surface area (Å²) in [7, 11) is 0. The molecule has 1 fully saturated rings. The highest BCUT2D eigenvalue weighted by molar-refractivity contribution is 5.93. The van der Waals surface area contributed by atoms with Crippen molar-refractivity contribution in [2.45, 2.75) is 45.1 Å². The van der Waals surface area contributed by atoms with E-state index in [0.717, 1.165) is 31.1 Å². The predicted molar refractivity (Wildman–Crippen MR) is 69.6 cm³/mol. The van der Waals surface area contributed by atoms with Gasteiger partial charge in [0.1, 0.15) is 5.69 Å². The van der Waals surface area contributed by atoms with E-state index in [2.05, 4.69) is 16.0 Å². The molecule has 3 nitrogen and oxygen atoms in total. The van der Waals surface area contributed by atoms with E-state index in [-0.39, 0.29) is 5.91 Å². The molecule has 1 aromatic heterocycles. The van der Waals surface area contributed by atoms with Gasteiger partial charge >= 0.3 is 0 Å². The smallest absolute Gasteiger partial charge is 0.267 e. The van der Waals surface area contributed by atoms with Crippen molar-refractivity contribution >= 4 is 5.91 Å². The molecule has 0 saturated heterocycles. The van der Waals surface area contributed by atoms with Gasteiger partial charge in [-0.2, -0.15) is 0 Å². The Morgan fingerprint density at radius 3 is 2.83 bits per heavy atom. The maximum absolute atomic E-state index is 12.2. The minimum Gasteiger partial charge on any atom is -0.350 e. The molecule has 1 aromatic rings. The first kappa shape index (κ1) is 10.7. The summed E-state index contributed by atoms with van der Waals surface area (Å²) in [5, 5.41) is 3.12. The fraction of sp³-hybridized carbons (Fsp3) is 0.667. The number of fused-ring (bicyclic) bond motifs is 3. The molecule has 1 amide bonds. The summed E-state index contributed by atoms with van der Waals surface area (Å²) in [5.74, 6) is 1.67. The average Bonchev–Trinajstić information content (AvgIpc) is 3.17. The summed E-state index contributed by atoms with van der Waals surface area (Å²) >= 11 is 0. The van der Waals surface area contributed by atoms with E-state index in [1.165, 1.54) is 43.4 Å². The van der Waals surface area contributed by atoms with E-state index in [1.54, 1.807) is 0 Å². The molecule has 1 atom stereocenters. The Kier molecular flexibility index (Phi) is 2.29. The second-order valence-electron chi connectivity index (χ2n) is 6.13. The highest BCUT2D eigenvalue weighted by Gasteiger charge is 2.35. The summed E-state index contributed by atoms with van der Waals surface area (Å²) in [6.07, 6.45) is 7.62. The number of aryl methyl sites for hydroxylation is 1. The van der Waals surface area contributed by atoms with Gasteiger partial charge in [-0.1, -0.05) is 0 Å². The lowest BCUT2D eigenvalue weighted by atomic mass is 9.97. The fourth-order valence-corrected chi connectivity index (χ4v) is 3.66. The molecule has 1 N–H and O–H groups in total. The molecule has 0 bridgehead atoms. The number of carbonyl (C=O) groups excluding carboxylic acids is 1. The van der Waals surface area contributed by atoms with E-state index in [1.807, 2.05) is 0 Å². The van der Waals surface area contributed by atoms with Crippen molar-refractivity contribution in [3.8, 4) is 0 Å². The Morgan fingerprint density at radius 2 is 2.00 bits per heavy atom. The average molecular weight is 244 g/mol. The van der Waals surface area contributed by atoms with Crippen LogP contribution in [0.4, 0.5) is 0 Å². The van der Waals surface area contributed by atoms with Gasteiger partial charge in [0.25, 0.3) is 5.91 Å². The van der Waals surface area contributed by atoms with Gasteiger partial charge in [-0.05, 0) is 62.0 Å². The lowest BCUT2D eigenvalue weighted by Crippen LogP contribution is -2.27. The molecule has 3 heteroatoms. The Bertz CT molecular complexity index is 499. The number of nitrogens with one attached hydrogen (secondary N) is 1. The van der Waals surface area contributed by atoms with Crippen LogP contribution in [0.2, 0.25) is 0 Å². The van der Waals surface area contributed by atoms with Crippen molar-refractivity contribution in [2.75, 3.05) is 6.54 Å². The summed E-state index contributed by atoms with van der Waals surface area (Å²) < 4.78 is 2.35. The molecule has 96 valence electrons. The zero-order chi connectivity index (χ0) is 12.1. The molecule has 0 spiro atoms. The second kappa shape index (κ2) is 3.87. The normalized spacial score (nSPS) is 27.1. The number of carbonyl (C=O) groups is 1. The van der Waals surface area contributed by atoms with E-state index in [4.69, 9.17) is 0 Å². The molecule has 1 aliphatic heterocycles. The maximum atomic E-state index is 12.2. The van der Waals surface area contributed by atoms with Gasteiger partial charge < -0.3 is 9.88 Å². The molecule has 1 unspecified atom stereocenters. The van der Waals surface area contributed by atoms with Crippen LogP contribution in [0.3, 0.4) is 0 Å². The first-order valence-corrected chi connectivity index (χ1v) is 7.32. The number of hydrogen-bond donors (Lipinski definition) is 1. The Balaban J connectivity index is 1.76. The van der Waals surface area contributed by atoms with Crippen molar-refractivity contribution in [3.05, 3.63) is 23.0 Å². The van der Waals surface area contributed by atoms with Crippen LogP contribution >= 0.6 is 0 Å². The number of nitrogens with zero attached hydrogens (tertiary/aromatic N) is 1. The van der Waals surface area contributed by atoms with E-state index < -0.39 is 0 Å². The molecular formula is C15H20N2O. The third-order valence-electron chi connectivity index (χ3n) is 4.87. The number of aromatic nitrogens is 1. The molecule has 4 rings (SSSR count). The van der Waals surface area contributed by atoms with E-state index >= 15 is 0 Å². The molecule has 2 aliphatic carbocycles. The maximum Gasteiger partial charge on any atom is 0.267 e. The van der Waals surface area contributed by atoms with Crippen LogP contribution in [0.15, 0.2) is 6.07 Å². The summed E-state index contributed by atoms with van der Waals surface area (Å²) in [5.41, 5.74) is 3.81. The predicted octanol–water partition coefficient (Wildman–Crippen LogP) is 2.14. The zero-order valence-corrected chi connectivity index (χ0v) is 10.7. The van der Waals surface area contributed by atoms with Crippen LogP contribution in [0, 0.1) is 11.8 Å².